The van der Waals surface area contributed by atoms with E-state index in [4.69, 9.17) is 9.47 Å². The summed E-state index contributed by atoms with van der Waals surface area (Å²) in [5.41, 5.74) is 3.27. The van der Waals surface area contributed by atoms with Crippen LogP contribution in [0.15, 0.2) is 72.4 Å². The van der Waals surface area contributed by atoms with Crippen molar-refractivity contribution in [1.82, 2.24) is 26.4 Å². The average molecular weight is 1090 g/mol. The van der Waals surface area contributed by atoms with E-state index in [1.807, 2.05) is 52.8 Å². The number of nitrogens with one attached hydrogen (secondary N) is 4. The zero-order chi connectivity index (χ0) is 57.6. The van der Waals surface area contributed by atoms with Gasteiger partial charge in [-0.1, -0.05) is 110 Å². The highest BCUT2D eigenvalue weighted by atomic mass is 16.5. The summed E-state index contributed by atoms with van der Waals surface area (Å²) < 4.78 is 12.9. The topological polar surface area (TPSA) is 273 Å². The number of phenols is 1. The van der Waals surface area contributed by atoms with Gasteiger partial charge in [-0.3, -0.25) is 29.0 Å². The molecule has 9 N–H and O–H groups in total. The number of carbonyl (C=O) groups is 6. The van der Waals surface area contributed by atoms with E-state index in [0.29, 0.717) is 49.7 Å². The summed E-state index contributed by atoms with van der Waals surface area (Å²) >= 11 is 0. The van der Waals surface area contributed by atoms with Crippen molar-refractivity contribution < 1.29 is 63.8 Å². The lowest BCUT2D eigenvalue weighted by atomic mass is 9.69. The van der Waals surface area contributed by atoms with Crippen LogP contribution in [0.3, 0.4) is 0 Å². The molecular formula is C60H91N5O13. The van der Waals surface area contributed by atoms with E-state index in [1.54, 1.807) is 51.1 Å². The molecule has 0 unspecified atom stereocenters. The Morgan fingerprint density at radius 1 is 0.949 bits per heavy atom. The first kappa shape index (κ1) is 63.6. The highest BCUT2D eigenvalue weighted by molar-refractivity contribution is 5.93. The Kier molecular flexibility index (Phi) is 23.9. The minimum absolute atomic E-state index is 0.0254. The van der Waals surface area contributed by atoms with Gasteiger partial charge in [0.15, 0.2) is 0 Å². The number of aromatic hydroxyl groups is 1. The number of rotatable bonds is 15. The van der Waals surface area contributed by atoms with E-state index in [0.717, 1.165) is 6.42 Å². The first-order chi connectivity index (χ1) is 36.9. The second-order valence-electron chi connectivity index (χ2n) is 23.2. The van der Waals surface area contributed by atoms with Gasteiger partial charge in [-0.15, -0.1) is 0 Å². The van der Waals surface area contributed by atoms with Crippen LogP contribution in [-0.2, 0) is 44.7 Å². The molecule has 434 valence electrons. The number of ketones is 1. The van der Waals surface area contributed by atoms with E-state index in [1.165, 1.54) is 30.1 Å². The molecule has 0 saturated carbocycles. The van der Waals surface area contributed by atoms with Crippen molar-refractivity contribution in [3.05, 3.63) is 77.9 Å². The van der Waals surface area contributed by atoms with E-state index in [-0.39, 0.29) is 79.3 Å². The minimum Gasteiger partial charge on any atom is -0.508 e. The number of esters is 1. The predicted octanol–water partition coefficient (Wildman–Crippen LogP) is 5.41. The molecular weight excluding hydrogens is 999 g/mol. The molecule has 3 fully saturated rings. The Labute approximate surface area is 461 Å². The SMILES string of the molecule is CC[C@H]1C[C@H](C)[C@@]2(NC1=O)O[C@@H](C[C@H](O)[C@@H](C)CCC=CC=C(C)[C@@H]1CC=CC=C[C@H](O)[C@H](C)[C@@H](O)[C@@H](CCC(C)=O)C(=O)N[C@@H](C(C)C)C(=O)N[C@@H](Cc3cccc(O)c3)C(=O)N3CCC[C@H](N3)C(=O)O1)[C@H](C)[C@H](O)[C@@H]2C. The fourth-order valence-electron chi connectivity index (χ4n) is 11.3. The van der Waals surface area contributed by atoms with Gasteiger partial charge in [0.25, 0.3) is 5.91 Å². The van der Waals surface area contributed by atoms with E-state index < -0.39 is 102 Å². The van der Waals surface area contributed by atoms with Crippen molar-refractivity contribution in [2.24, 2.45) is 47.3 Å². The zero-order valence-corrected chi connectivity index (χ0v) is 47.6. The molecule has 4 aliphatic rings. The van der Waals surface area contributed by atoms with Gasteiger partial charge in [-0.25, -0.2) is 5.43 Å². The fourth-order valence-corrected chi connectivity index (χ4v) is 11.3. The highest BCUT2D eigenvalue weighted by Crippen LogP contribution is 2.46. The number of hydrogen-bond donors (Lipinski definition) is 9. The number of Topliss-reactive ketones (excluding diaryl/α,β-unsaturated/α-hetero) is 1. The molecule has 4 amide bonds. The second-order valence-corrected chi connectivity index (χ2v) is 23.2. The third kappa shape index (κ3) is 16.7. The first-order valence-corrected chi connectivity index (χ1v) is 28.4. The fraction of sp³-hybridized carbons (Fsp3) is 0.667. The van der Waals surface area contributed by atoms with Crippen LogP contribution < -0.4 is 21.4 Å². The summed E-state index contributed by atoms with van der Waals surface area (Å²) in [6.45, 7) is 18.3. The molecule has 3 saturated heterocycles. The van der Waals surface area contributed by atoms with Crippen molar-refractivity contribution in [2.45, 2.75) is 200 Å². The summed E-state index contributed by atoms with van der Waals surface area (Å²) in [7, 11) is 0. The molecule has 18 nitrogen and oxygen atoms in total. The van der Waals surface area contributed by atoms with Crippen LogP contribution in [0.5, 0.6) is 5.75 Å². The van der Waals surface area contributed by atoms with Gasteiger partial charge in [0.1, 0.15) is 41.5 Å². The van der Waals surface area contributed by atoms with Crippen LogP contribution in [0, 0.1) is 47.3 Å². The molecule has 0 aliphatic carbocycles. The van der Waals surface area contributed by atoms with Crippen LogP contribution in [0.25, 0.3) is 0 Å². The van der Waals surface area contributed by atoms with Gasteiger partial charge in [-0.05, 0) is 93.9 Å². The van der Waals surface area contributed by atoms with Crippen molar-refractivity contribution >= 4 is 35.4 Å². The number of phenolic OH excluding ortho intramolecular Hbond substituents is 1. The quantitative estimate of drug-likeness (QED) is 0.0786. The number of hydrazine groups is 1. The van der Waals surface area contributed by atoms with Gasteiger partial charge >= 0.3 is 5.97 Å². The van der Waals surface area contributed by atoms with Crippen LogP contribution >= 0.6 is 0 Å². The summed E-state index contributed by atoms with van der Waals surface area (Å²) in [6.07, 6.45) is 10.6. The number of allylic oxidation sites excluding steroid dienone is 5. The molecule has 18 heteroatoms. The highest BCUT2D eigenvalue weighted by Gasteiger charge is 2.57. The van der Waals surface area contributed by atoms with Gasteiger partial charge < -0.3 is 55.8 Å². The number of amides is 4. The van der Waals surface area contributed by atoms with E-state index >= 15 is 0 Å². The number of hydrogen-bond acceptors (Lipinski definition) is 14. The van der Waals surface area contributed by atoms with Gasteiger partial charge in [-0.2, -0.15) is 0 Å². The van der Waals surface area contributed by atoms with Crippen molar-refractivity contribution in [3.8, 4) is 5.75 Å². The number of cyclic esters (lactones) is 1. The predicted molar refractivity (Wildman–Crippen MR) is 295 cm³/mol. The maximum absolute atomic E-state index is 14.5. The Bertz CT molecular complexity index is 2340. The molecule has 17 atom stereocenters. The summed E-state index contributed by atoms with van der Waals surface area (Å²) in [5.74, 6) is -6.33. The number of piperidine rings is 1. The average Bonchev–Trinajstić information content (AvgIpc) is 3.51. The zero-order valence-electron chi connectivity index (χ0n) is 47.6. The van der Waals surface area contributed by atoms with Crippen LogP contribution in [0.4, 0.5) is 0 Å². The molecule has 1 aromatic carbocycles. The Morgan fingerprint density at radius 2 is 1.68 bits per heavy atom. The largest absolute Gasteiger partial charge is 0.508 e. The van der Waals surface area contributed by atoms with E-state index in [2.05, 4.69) is 28.3 Å². The van der Waals surface area contributed by atoms with Crippen LogP contribution in [0.2, 0.25) is 0 Å². The monoisotopic (exact) mass is 1090 g/mol. The minimum atomic E-state index is -1.43. The molecule has 0 radical (unpaired) electrons. The number of aliphatic hydroxyl groups excluding tert-OH is 4. The molecule has 5 rings (SSSR count). The van der Waals surface area contributed by atoms with Gasteiger partial charge in [0.05, 0.1) is 36.4 Å². The van der Waals surface area contributed by atoms with Crippen molar-refractivity contribution in [2.75, 3.05) is 6.54 Å². The lowest BCUT2D eigenvalue weighted by Crippen LogP contribution is -2.71. The summed E-state index contributed by atoms with van der Waals surface area (Å²) in [5, 5.41) is 66.1. The second kappa shape index (κ2) is 29.3. The van der Waals surface area contributed by atoms with Gasteiger partial charge in [0.2, 0.25) is 17.7 Å². The number of aliphatic hydroxyl groups is 4. The van der Waals surface area contributed by atoms with Crippen molar-refractivity contribution in [1.29, 1.82) is 0 Å². The number of ether oxygens (including phenoxy) is 2. The molecule has 2 bridgehead atoms. The maximum Gasteiger partial charge on any atom is 0.325 e. The van der Waals surface area contributed by atoms with E-state index in [9.17, 15) is 54.3 Å². The number of benzene rings is 1. The lowest BCUT2D eigenvalue weighted by Gasteiger charge is -2.56. The number of fused-ring (bicyclic) bond motifs is 2. The molecule has 1 spiro atoms. The molecule has 1 aromatic rings. The Balaban J connectivity index is 1.35. The third-order valence-corrected chi connectivity index (χ3v) is 16.9. The maximum atomic E-state index is 14.5. The molecule has 4 heterocycles. The van der Waals surface area contributed by atoms with Crippen LogP contribution in [0.1, 0.15) is 139 Å². The number of carbonyl (C=O) groups excluding carboxylic acids is 6. The van der Waals surface area contributed by atoms with Crippen molar-refractivity contribution in [3.63, 3.8) is 0 Å². The smallest absolute Gasteiger partial charge is 0.325 e. The molecule has 78 heavy (non-hydrogen) atoms. The third-order valence-electron chi connectivity index (χ3n) is 16.9. The lowest BCUT2D eigenvalue weighted by molar-refractivity contribution is -0.267. The summed E-state index contributed by atoms with van der Waals surface area (Å²) in [6, 6.07) is 2.90. The number of nitrogens with zero attached hydrogens (tertiary/aromatic N) is 1. The van der Waals surface area contributed by atoms with Crippen LogP contribution in [-0.4, -0.2) is 133 Å². The molecule has 0 aromatic heterocycles. The standard InChI is InChI=1S/C60H91N5O13/c1-11-43-30-37(6)60(63-55(43)72)41(10)53(70)40(9)51(78-60)33-49(69)35(4)20-14-12-15-21-36(5)50-26-17-13-16-25-48(68)39(8)54(71)45(28-27-38(7)66)56(73)62-52(34(2)3)57(74)61-47(32-42-22-18-23-44(67)31-42)58(75)65-29-19-24-46(64-65)59(76)77-50/h12-13,15-18,21-23,25,31,34-35,37,39-41,43,45-54,64,67-71H,11,14,19-20,24,26-30,32-33H2,1-10H3,(H,61,74)(H,62,73)(H,63,72)/t35-,37-,39-,40-,41-,43-,45+,46-,47-,48-,49-,50-,51-,52-,53-,54+,60+/m0/s1. The normalized spacial score (nSPS) is 34.1. The molecule has 4 aliphatic heterocycles. The Morgan fingerprint density at radius 3 is 2.36 bits per heavy atom. The summed E-state index contributed by atoms with van der Waals surface area (Å²) in [4.78, 5) is 82.2. The Hall–Kier alpha value is -5.24. The first-order valence-electron chi connectivity index (χ1n) is 28.4. The van der Waals surface area contributed by atoms with Gasteiger partial charge in [0, 0.05) is 61.8 Å².